The minimum absolute atomic E-state index is 0.206. The topological polar surface area (TPSA) is 81.6 Å². The molecule has 3 unspecified atom stereocenters. The highest BCUT2D eigenvalue weighted by Crippen LogP contribution is 2.45. The van der Waals surface area contributed by atoms with Crippen LogP contribution in [0.25, 0.3) is 0 Å². The van der Waals surface area contributed by atoms with Gasteiger partial charge in [-0.1, -0.05) is 95.3 Å². The molecular formula is C32H46N2O3. The average molecular weight is 507 g/mol. The van der Waals surface area contributed by atoms with Gasteiger partial charge in [-0.3, -0.25) is 4.79 Å². The van der Waals surface area contributed by atoms with Gasteiger partial charge in [0.1, 0.15) is 0 Å². The molecule has 0 bridgehead atoms. The van der Waals surface area contributed by atoms with Crippen LogP contribution in [0.4, 0.5) is 5.69 Å². The van der Waals surface area contributed by atoms with Gasteiger partial charge in [-0.15, -0.1) is 0 Å². The van der Waals surface area contributed by atoms with Crippen LogP contribution in [0.1, 0.15) is 74.6 Å². The molecule has 0 saturated heterocycles. The molecule has 5 nitrogen and oxygen atoms in total. The molecule has 3 atom stereocenters. The van der Waals surface area contributed by atoms with E-state index in [-0.39, 0.29) is 6.04 Å². The second-order valence-electron chi connectivity index (χ2n) is 9.38. The Labute approximate surface area is 224 Å². The summed E-state index contributed by atoms with van der Waals surface area (Å²) in [7, 11) is 1.00. The lowest BCUT2D eigenvalue weighted by molar-refractivity contribution is 0.112. The van der Waals surface area contributed by atoms with Gasteiger partial charge in [0, 0.05) is 30.3 Å². The van der Waals surface area contributed by atoms with Crippen LogP contribution in [0.2, 0.25) is 0 Å². The van der Waals surface area contributed by atoms with Gasteiger partial charge in [0.05, 0.1) is 18.0 Å². The van der Waals surface area contributed by atoms with Crippen LogP contribution in [0.15, 0.2) is 78.6 Å². The maximum Gasteiger partial charge on any atom is 0.152 e. The van der Waals surface area contributed by atoms with E-state index in [0.29, 0.717) is 18.0 Å². The number of fused-ring (bicyclic) bond motifs is 1. The Bertz CT molecular complexity index is 1030. The van der Waals surface area contributed by atoms with Crippen molar-refractivity contribution in [2.45, 2.75) is 72.5 Å². The minimum Gasteiger partial charge on any atom is -0.516 e. The normalized spacial score (nSPS) is 18.9. The lowest BCUT2D eigenvalue weighted by atomic mass is 9.77. The number of carbonyl (C=O) groups excluding carboxylic acids is 1. The monoisotopic (exact) mass is 506 g/mol. The SMILES string of the molecule is C=CO.CC1=CC(C)C(NC(C)C)C(C2Nc3c(C=O)cccc32)=C1.CCc1ccccc1CC.CO. The Morgan fingerprint density at radius 3 is 2.11 bits per heavy atom. The number of allylic oxidation sites excluding steroid dienone is 2. The van der Waals surface area contributed by atoms with Gasteiger partial charge in [0.15, 0.2) is 6.29 Å². The van der Waals surface area contributed by atoms with Crippen molar-refractivity contribution >= 4 is 12.0 Å². The Kier molecular flexibility index (Phi) is 14.3. The van der Waals surface area contributed by atoms with Gasteiger partial charge < -0.3 is 20.8 Å². The molecule has 0 amide bonds. The van der Waals surface area contributed by atoms with Crippen LogP contribution in [0.5, 0.6) is 0 Å². The van der Waals surface area contributed by atoms with Crippen molar-refractivity contribution in [3.8, 4) is 0 Å². The molecule has 1 heterocycles. The number of carbonyl (C=O) groups is 1. The van der Waals surface area contributed by atoms with Gasteiger partial charge >= 0.3 is 0 Å². The number of rotatable bonds is 6. The zero-order chi connectivity index (χ0) is 28.0. The Morgan fingerprint density at radius 2 is 1.62 bits per heavy atom. The first-order valence-electron chi connectivity index (χ1n) is 13.1. The summed E-state index contributed by atoms with van der Waals surface area (Å²) < 4.78 is 0. The van der Waals surface area contributed by atoms with Gasteiger partial charge in [0.25, 0.3) is 0 Å². The van der Waals surface area contributed by atoms with E-state index in [9.17, 15) is 4.79 Å². The summed E-state index contributed by atoms with van der Waals surface area (Å²) in [6.45, 7) is 16.1. The summed E-state index contributed by atoms with van der Waals surface area (Å²) in [4.78, 5) is 11.1. The summed E-state index contributed by atoms with van der Waals surface area (Å²) in [6.07, 6.45) is 8.60. The molecule has 0 saturated carbocycles. The number of benzene rings is 2. The molecule has 202 valence electrons. The van der Waals surface area contributed by atoms with Crippen molar-refractivity contribution in [3.63, 3.8) is 0 Å². The first kappa shape index (κ1) is 31.9. The number of anilines is 1. The van der Waals surface area contributed by atoms with Gasteiger partial charge in [-0.05, 0) is 48.4 Å². The average Bonchev–Trinajstić information content (AvgIpc) is 2.88. The summed E-state index contributed by atoms with van der Waals surface area (Å²) >= 11 is 0. The maximum atomic E-state index is 11.1. The fraction of sp³-hybridized carbons (Fsp3) is 0.406. The van der Waals surface area contributed by atoms with Crippen LogP contribution in [-0.2, 0) is 12.8 Å². The van der Waals surface area contributed by atoms with Crippen molar-refractivity contribution in [3.05, 3.63) is 101 Å². The quantitative estimate of drug-likeness (QED) is 0.251. The largest absolute Gasteiger partial charge is 0.516 e. The molecule has 0 aromatic heterocycles. The van der Waals surface area contributed by atoms with Crippen LogP contribution in [0.3, 0.4) is 0 Å². The Balaban J connectivity index is 0.000000381. The summed E-state index contributed by atoms with van der Waals surface area (Å²) in [5.74, 6) is 0.461. The number of aryl methyl sites for hydroxylation is 2. The highest BCUT2D eigenvalue weighted by atomic mass is 16.2. The Hall–Kier alpha value is -3.15. The predicted octanol–water partition coefficient (Wildman–Crippen LogP) is 6.96. The van der Waals surface area contributed by atoms with E-state index in [0.717, 1.165) is 43.8 Å². The molecule has 0 fully saturated rings. The van der Waals surface area contributed by atoms with Crippen LogP contribution >= 0.6 is 0 Å². The molecule has 1 aliphatic heterocycles. The van der Waals surface area contributed by atoms with E-state index in [1.165, 1.54) is 27.8 Å². The third-order valence-corrected chi connectivity index (χ3v) is 6.39. The number of para-hydroxylation sites is 1. The summed E-state index contributed by atoms with van der Waals surface area (Å²) in [5, 5.41) is 21.5. The number of hydrogen-bond donors (Lipinski definition) is 4. The van der Waals surface area contributed by atoms with Gasteiger partial charge in [-0.2, -0.15) is 0 Å². The molecule has 37 heavy (non-hydrogen) atoms. The molecule has 0 radical (unpaired) electrons. The molecule has 4 N–H and O–H groups in total. The van der Waals surface area contributed by atoms with E-state index in [4.69, 9.17) is 10.2 Å². The molecule has 2 aromatic rings. The lowest BCUT2D eigenvalue weighted by Gasteiger charge is -2.42. The molecule has 2 aliphatic rings. The zero-order valence-corrected chi connectivity index (χ0v) is 23.6. The first-order chi connectivity index (χ1) is 17.8. The van der Waals surface area contributed by atoms with Crippen LogP contribution in [0, 0.1) is 5.92 Å². The van der Waals surface area contributed by atoms with E-state index >= 15 is 0 Å². The second kappa shape index (κ2) is 16.6. The number of aldehydes is 1. The first-order valence-corrected chi connectivity index (χ1v) is 13.1. The van der Waals surface area contributed by atoms with Gasteiger partial charge in [-0.25, -0.2) is 0 Å². The number of aliphatic hydroxyl groups is 2. The summed E-state index contributed by atoms with van der Waals surface area (Å²) in [5.41, 5.74) is 8.64. The number of nitrogens with one attached hydrogen (secondary N) is 2. The smallest absolute Gasteiger partial charge is 0.152 e. The summed E-state index contributed by atoms with van der Waals surface area (Å²) in [6, 6.07) is 15.6. The van der Waals surface area contributed by atoms with Crippen molar-refractivity contribution in [2.75, 3.05) is 12.4 Å². The molecule has 0 spiro atoms. The highest BCUT2D eigenvalue weighted by molar-refractivity contribution is 5.89. The third-order valence-electron chi connectivity index (χ3n) is 6.39. The molecular weight excluding hydrogens is 460 g/mol. The van der Waals surface area contributed by atoms with E-state index in [1.54, 1.807) is 0 Å². The fourth-order valence-electron chi connectivity index (χ4n) is 4.83. The molecule has 5 heteroatoms. The Morgan fingerprint density at radius 1 is 1.05 bits per heavy atom. The lowest BCUT2D eigenvalue weighted by Crippen LogP contribution is -2.45. The van der Waals surface area contributed by atoms with Crippen LogP contribution < -0.4 is 10.6 Å². The van der Waals surface area contributed by atoms with Gasteiger partial charge in [0.2, 0.25) is 0 Å². The second-order valence-corrected chi connectivity index (χ2v) is 9.38. The highest BCUT2D eigenvalue weighted by Gasteiger charge is 2.36. The maximum absolute atomic E-state index is 11.1. The van der Waals surface area contributed by atoms with E-state index in [2.05, 4.69) is 101 Å². The molecule has 1 aliphatic carbocycles. The predicted molar refractivity (Wildman–Crippen MR) is 157 cm³/mol. The number of hydrogen-bond acceptors (Lipinski definition) is 5. The van der Waals surface area contributed by atoms with Crippen molar-refractivity contribution in [1.82, 2.24) is 5.32 Å². The molecule has 2 aromatic carbocycles. The zero-order valence-electron chi connectivity index (χ0n) is 23.6. The van der Waals surface area contributed by atoms with Crippen molar-refractivity contribution in [2.24, 2.45) is 5.92 Å². The number of aliphatic hydroxyl groups excluding tert-OH is 2. The standard InChI is InChI=1S/C19H24N2O.C10H14.C2H4O.CH4O/c1-11(2)20-17-13(4)8-12(3)9-16(17)19-15-7-5-6-14(10-22)18(15)21-19;1-3-9-7-5-6-8-10(9)4-2;1-2-3;1-2/h5-11,13,17,19-21H,1-4H3;5-8H,3-4H2,1-2H3;2-3H,1H2;2H,1H3. The van der Waals surface area contributed by atoms with Crippen molar-refractivity contribution in [1.29, 1.82) is 0 Å². The van der Waals surface area contributed by atoms with Crippen LogP contribution in [-0.4, -0.2) is 35.7 Å². The van der Waals surface area contributed by atoms with Crippen molar-refractivity contribution < 1.29 is 15.0 Å². The van der Waals surface area contributed by atoms with E-state index in [1.807, 2.05) is 12.1 Å². The molecule has 4 rings (SSSR count). The fourth-order valence-corrected chi connectivity index (χ4v) is 4.83. The minimum atomic E-state index is 0.206. The van der Waals surface area contributed by atoms with E-state index < -0.39 is 0 Å². The third kappa shape index (κ3) is 8.73.